The molecular weight excluding hydrogens is 306 g/mol. The van der Waals surface area contributed by atoms with E-state index in [0.717, 1.165) is 5.56 Å². The molecule has 0 aliphatic heterocycles. The largest absolute Gasteiger partial charge is 0.507 e. The Bertz CT molecular complexity index is 774. The molecule has 0 amide bonds. The lowest BCUT2D eigenvalue weighted by atomic mass is 9.94. The summed E-state index contributed by atoms with van der Waals surface area (Å²) >= 11 is 0. The first kappa shape index (κ1) is 17.4. The number of hydrogen-bond donors (Lipinski definition) is 2. The average Bonchev–Trinajstić information content (AvgIpc) is 2.61. The summed E-state index contributed by atoms with van der Waals surface area (Å²) in [5, 5.41) is 20.9. The zero-order chi connectivity index (χ0) is 17.9. The van der Waals surface area contributed by atoms with Crippen molar-refractivity contribution in [3.63, 3.8) is 0 Å². The SMILES string of the molecule is C=Cc1c(O)c(Cc2cc(OC)cc(OC)c2)c(C)c(O)c1N=C. The molecule has 0 heterocycles. The summed E-state index contributed by atoms with van der Waals surface area (Å²) in [7, 11) is 3.15. The fourth-order valence-electron chi connectivity index (χ4n) is 2.64. The highest BCUT2D eigenvalue weighted by Crippen LogP contribution is 2.44. The average molecular weight is 327 g/mol. The molecule has 0 aromatic heterocycles. The molecule has 2 aromatic rings. The molecule has 2 N–H and O–H groups in total. The van der Waals surface area contributed by atoms with Crippen molar-refractivity contribution in [1.29, 1.82) is 0 Å². The van der Waals surface area contributed by atoms with Crippen molar-refractivity contribution in [3.05, 3.63) is 47.0 Å². The summed E-state index contributed by atoms with van der Waals surface area (Å²) in [5.74, 6) is 1.32. The highest BCUT2D eigenvalue weighted by molar-refractivity contribution is 5.79. The number of hydrogen-bond acceptors (Lipinski definition) is 5. The third kappa shape index (κ3) is 3.06. The van der Waals surface area contributed by atoms with Crippen molar-refractivity contribution in [1.82, 2.24) is 0 Å². The van der Waals surface area contributed by atoms with E-state index in [1.54, 1.807) is 27.2 Å². The third-order valence-electron chi connectivity index (χ3n) is 3.98. The first-order valence-corrected chi connectivity index (χ1v) is 7.35. The van der Waals surface area contributed by atoms with Gasteiger partial charge in [-0.15, -0.1) is 0 Å². The second-order valence-corrected chi connectivity index (χ2v) is 5.32. The topological polar surface area (TPSA) is 71.3 Å². The van der Waals surface area contributed by atoms with Crippen LogP contribution in [0.5, 0.6) is 23.0 Å². The van der Waals surface area contributed by atoms with Gasteiger partial charge in [0.2, 0.25) is 0 Å². The minimum atomic E-state index is -0.0115. The lowest BCUT2D eigenvalue weighted by Crippen LogP contribution is -1.98. The minimum Gasteiger partial charge on any atom is -0.507 e. The molecule has 2 aromatic carbocycles. The zero-order valence-corrected chi connectivity index (χ0v) is 14.1. The first-order chi connectivity index (χ1) is 11.5. The Hall–Kier alpha value is -2.95. The minimum absolute atomic E-state index is 0.0115. The van der Waals surface area contributed by atoms with Gasteiger partial charge in [-0.25, -0.2) is 0 Å². The van der Waals surface area contributed by atoms with Crippen molar-refractivity contribution in [2.24, 2.45) is 4.99 Å². The predicted octanol–water partition coefficient (Wildman–Crippen LogP) is 3.99. The van der Waals surface area contributed by atoms with Gasteiger partial charge >= 0.3 is 0 Å². The number of ether oxygens (including phenoxy) is 2. The van der Waals surface area contributed by atoms with Gasteiger partial charge in [0.15, 0.2) is 0 Å². The molecule has 5 heteroatoms. The summed E-state index contributed by atoms with van der Waals surface area (Å²) in [6.45, 7) is 8.84. The van der Waals surface area contributed by atoms with Crippen LogP contribution < -0.4 is 9.47 Å². The molecule has 0 atom stereocenters. The monoisotopic (exact) mass is 327 g/mol. The fourth-order valence-corrected chi connectivity index (χ4v) is 2.64. The van der Waals surface area contributed by atoms with E-state index >= 15 is 0 Å². The third-order valence-corrected chi connectivity index (χ3v) is 3.98. The fraction of sp³-hybridized carbons (Fsp3) is 0.211. The highest BCUT2D eigenvalue weighted by Gasteiger charge is 2.19. The smallest absolute Gasteiger partial charge is 0.145 e. The molecular formula is C19H21NO4. The Morgan fingerprint density at radius 3 is 2.12 bits per heavy atom. The lowest BCUT2D eigenvalue weighted by molar-refractivity contribution is 0.393. The Balaban J connectivity index is 2.60. The van der Waals surface area contributed by atoms with E-state index in [-0.39, 0.29) is 17.2 Å². The number of phenols is 2. The molecule has 0 saturated heterocycles. The molecule has 126 valence electrons. The number of aromatic hydroxyl groups is 2. The van der Waals surface area contributed by atoms with Crippen LogP contribution in [0.25, 0.3) is 6.08 Å². The number of nitrogens with zero attached hydrogens (tertiary/aromatic N) is 1. The van der Waals surface area contributed by atoms with Gasteiger partial charge < -0.3 is 19.7 Å². The second kappa shape index (κ2) is 7.08. The van der Waals surface area contributed by atoms with E-state index in [9.17, 15) is 10.2 Å². The summed E-state index contributed by atoms with van der Waals surface area (Å²) < 4.78 is 10.5. The molecule has 0 saturated carbocycles. The Morgan fingerprint density at radius 2 is 1.67 bits per heavy atom. The Labute approximate surface area is 141 Å². The van der Waals surface area contributed by atoms with Crippen LogP contribution in [0, 0.1) is 6.92 Å². The summed E-state index contributed by atoms with van der Waals surface area (Å²) in [6.07, 6.45) is 1.84. The number of benzene rings is 2. The van der Waals surface area contributed by atoms with E-state index in [1.807, 2.05) is 12.1 Å². The van der Waals surface area contributed by atoms with E-state index in [2.05, 4.69) is 18.3 Å². The van der Waals surface area contributed by atoms with Crippen molar-refractivity contribution in [2.45, 2.75) is 13.3 Å². The van der Waals surface area contributed by atoms with Crippen molar-refractivity contribution in [2.75, 3.05) is 14.2 Å². The summed E-state index contributed by atoms with van der Waals surface area (Å²) in [6, 6.07) is 5.48. The van der Waals surface area contributed by atoms with E-state index in [4.69, 9.17) is 9.47 Å². The van der Waals surface area contributed by atoms with Gasteiger partial charge in [-0.3, -0.25) is 4.99 Å². The van der Waals surface area contributed by atoms with Gasteiger partial charge in [0.05, 0.1) is 14.2 Å². The quantitative estimate of drug-likeness (QED) is 0.621. The number of methoxy groups -OCH3 is 2. The van der Waals surface area contributed by atoms with Gasteiger partial charge in [0.25, 0.3) is 0 Å². The van der Waals surface area contributed by atoms with E-state index in [1.165, 1.54) is 6.08 Å². The molecule has 5 nitrogen and oxygen atoms in total. The zero-order valence-electron chi connectivity index (χ0n) is 14.1. The highest BCUT2D eigenvalue weighted by atomic mass is 16.5. The van der Waals surface area contributed by atoms with Gasteiger partial charge in [0.1, 0.15) is 28.7 Å². The van der Waals surface area contributed by atoms with Crippen LogP contribution in [0.4, 0.5) is 5.69 Å². The van der Waals surface area contributed by atoms with Crippen LogP contribution in [-0.2, 0) is 6.42 Å². The number of rotatable bonds is 6. The van der Waals surface area contributed by atoms with Crippen molar-refractivity contribution in [3.8, 4) is 23.0 Å². The summed E-state index contributed by atoms with van der Waals surface area (Å²) in [4.78, 5) is 3.79. The Morgan fingerprint density at radius 1 is 1.08 bits per heavy atom. The summed E-state index contributed by atoms with van der Waals surface area (Å²) in [5.41, 5.74) is 2.59. The first-order valence-electron chi connectivity index (χ1n) is 7.35. The van der Waals surface area contributed by atoms with Gasteiger partial charge in [-0.1, -0.05) is 12.7 Å². The number of phenolic OH excluding ortho intramolecular Hbond substituents is 2. The van der Waals surface area contributed by atoms with Gasteiger partial charge in [0, 0.05) is 29.2 Å². The molecule has 0 radical (unpaired) electrons. The van der Waals surface area contributed by atoms with Crippen molar-refractivity contribution < 1.29 is 19.7 Å². The van der Waals surface area contributed by atoms with Crippen LogP contribution in [0.1, 0.15) is 22.3 Å². The molecule has 0 bridgehead atoms. The van der Waals surface area contributed by atoms with Crippen LogP contribution in [0.15, 0.2) is 29.8 Å². The Kier molecular flexibility index (Phi) is 5.14. The standard InChI is InChI=1S/C19H21NO4/c1-6-15-17(20-3)18(21)11(2)16(19(15)22)9-12-7-13(23-4)10-14(8-12)24-5/h6-8,10,21-22H,1,3,9H2,2,4-5H3. The van der Waals surface area contributed by atoms with Gasteiger partial charge in [-0.05, 0) is 31.3 Å². The van der Waals surface area contributed by atoms with E-state index in [0.29, 0.717) is 34.6 Å². The van der Waals surface area contributed by atoms with Crippen molar-refractivity contribution >= 4 is 18.5 Å². The molecule has 0 unspecified atom stereocenters. The maximum atomic E-state index is 10.6. The second-order valence-electron chi connectivity index (χ2n) is 5.32. The number of aliphatic imine (C=N–C) groups is 1. The maximum absolute atomic E-state index is 10.6. The van der Waals surface area contributed by atoms with Gasteiger partial charge in [-0.2, -0.15) is 0 Å². The molecule has 24 heavy (non-hydrogen) atoms. The molecule has 0 spiro atoms. The van der Waals surface area contributed by atoms with Crippen LogP contribution in [0.3, 0.4) is 0 Å². The van der Waals surface area contributed by atoms with Crippen LogP contribution >= 0.6 is 0 Å². The van der Waals surface area contributed by atoms with Crippen LogP contribution in [0.2, 0.25) is 0 Å². The molecule has 0 aliphatic rings. The normalized spacial score (nSPS) is 10.3. The lowest BCUT2D eigenvalue weighted by Gasteiger charge is -2.16. The van der Waals surface area contributed by atoms with Crippen LogP contribution in [-0.4, -0.2) is 31.2 Å². The molecule has 0 aliphatic carbocycles. The maximum Gasteiger partial charge on any atom is 0.145 e. The molecule has 0 fully saturated rings. The molecule has 2 rings (SSSR count). The van der Waals surface area contributed by atoms with E-state index < -0.39 is 0 Å². The predicted molar refractivity (Wildman–Crippen MR) is 96.2 cm³/mol.